The molecule has 0 aliphatic carbocycles. The molecule has 0 bridgehead atoms. The van der Waals surface area contributed by atoms with Gasteiger partial charge in [-0.05, 0) is 37.6 Å². The van der Waals surface area contributed by atoms with E-state index in [1.165, 1.54) is 0 Å². The van der Waals surface area contributed by atoms with Crippen molar-refractivity contribution in [2.75, 3.05) is 25.6 Å². The van der Waals surface area contributed by atoms with E-state index in [-0.39, 0.29) is 11.8 Å². The van der Waals surface area contributed by atoms with E-state index >= 15 is 0 Å². The molecule has 2 aromatic carbocycles. The van der Waals surface area contributed by atoms with E-state index < -0.39 is 6.10 Å². The predicted molar refractivity (Wildman–Crippen MR) is 101 cm³/mol. The summed E-state index contributed by atoms with van der Waals surface area (Å²) in [5, 5.41) is 5.51. The Kier molecular flexibility index (Phi) is 7.17. The molecule has 6 heteroatoms. The first-order valence-electron chi connectivity index (χ1n) is 8.42. The van der Waals surface area contributed by atoms with E-state index in [9.17, 15) is 9.59 Å². The van der Waals surface area contributed by atoms with Crippen LogP contribution in [0, 0.1) is 6.92 Å². The van der Waals surface area contributed by atoms with Crippen molar-refractivity contribution in [2.24, 2.45) is 0 Å². The minimum absolute atomic E-state index is 0.273. The Morgan fingerprint density at radius 3 is 2.50 bits per heavy atom. The maximum Gasteiger partial charge on any atom is 0.265 e. The number of benzene rings is 2. The third-order valence-corrected chi connectivity index (χ3v) is 3.79. The van der Waals surface area contributed by atoms with Gasteiger partial charge < -0.3 is 20.1 Å². The monoisotopic (exact) mass is 356 g/mol. The zero-order valence-electron chi connectivity index (χ0n) is 15.2. The molecule has 2 rings (SSSR count). The van der Waals surface area contributed by atoms with Gasteiger partial charge in [-0.15, -0.1) is 0 Å². The van der Waals surface area contributed by atoms with Crippen LogP contribution < -0.4 is 15.4 Å². The molecule has 138 valence electrons. The van der Waals surface area contributed by atoms with E-state index in [0.717, 1.165) is 5.56 Å². The molecule has 0 spiro atoms. The van der Waals surface area contributed by atoms with Gasteiger partial charge in [-0.1, -0.05) is 30.3 Å². The summed E-state index contributed by atoms with van der Waals surface area (Å²) >= 11 is 0. The molecule has 0 radical (unpaired) electrons. The highest BCUT2D eigenvalue weighted by atomic mass is 16.5. The standard InChI is InChI=1S/C20H24N2O4/c1-14-8-4-7-11-18(14)26-15(2)19(23)22-17-10-6-5-9-16(17)20(24)21-12-13-25-3/h4-11,15H,12-13H2,1-3H3,(H,21,24)(H,22,23). The normalized spacial score (nSPS) is 11.5. The van der Waals surface area contributed by atoms with Crippen LogP contribution in [0.15, 0.2) is 48.5 Å². The van der Waals surface area contributed by atoms with Gasteiger partial charge in [0, 0.05) is 13.7 Å². The molecule has 6 nitrogen and oxygen atoms in total. The average molecular weight is 356 g/mol. The summed E-state index contributed by atoms with van der Waals surface area (Å²) < 4.78 is 10.6. The van der Waals surface area contributed by atoms with Gasteiger partial charge in [0.05, 0.1) is 17.9 Å². The molecule has 26 heavy (non-hydrogen) atoms. The van der Waals surface area contributed by atoms with Crippen molar-refractivity contribution in [3.05, 3.63) is 59.7 Å². The molecule has 0 heterocycles. The van der Waals surface area contributed by atoms with Gasteiger partial charge in [0.15, 0.2) is 6.10 Å². The lowest BCUT2D eigenvalue weighted by molar-refractivity contribution is -0.122. The number of amides is 2. The van der Waals surface area contributed by atoms with Crippen LogP contribution in [-0.2, 0) is 9.53 Å². The summed E-state index contributed by atoms with van der Waals surface area (Å²) in [5.74, 6) is 0.0524. The van der Waals surface area contributed by atoms with Gasteiger partial charge in [-0.3, -0.25) is 9.59 Å². The van der Waals surface area contributed by atoms with E-state index in [0.29, 0.717) is 30.2 Å². The quantitative estimate of drug-likeness (QED) is 0.713. The number of aryl methyl sites for hydroxylation is 1. The Bertz CT molecular complexity index is 761. The maximum absolute atomic E-state index is 12.5. The second kappa shape index (κ2) is 9.58. The number of carbonyl (C=O) groups is 2. The predicted octanol–water partition coefficient (Wildman–Crippen LogP) is 2.78. The zero-order valence-corrected chi connectivity index (χ0v) is 15.2. The van der Waals surface area contributed by atoms with Crippen LogP contribution in [0.3, 0.4) is 0 Å². The molecule has 0 aromatic heterocycles. The van der Waals surface area contributed by atoms with Gasteiger partial charge in [-0.2, -0.15) is 0 Å². The number of hydrogen-bond donors (Lipinski definition) is 2. The second-order valence-corrected chi connectivity index (χ2v) is 5.81. The Morgan fingerprint density at radius 1 is 1.08 bits per heavy atom. The number of rotatable bonds is 8. The Morgan fingerprint density at radius 2 is 1.77 bits per heavy atom. The first kappa shape index (κ1) is 19.5. The topological polar surface area (TPSA) is 76.7 Å². The fourth-order valence-corrected chi connectivity index (χ4v) is 2.32. The first-order valence-corrected chi connectivity index (χ1v) is 8.42. The Hall–Kier alpha value is -2.86. The van der Waals surface area contributed by atoms with Gasteiger partial charge in [0.1, 0.15) is 5.75 Å². The summed E-state index contributed by atoms with van der Waals surface area (Å²) in [7, 11) is 1.57. The molecule has 2 amide bonds. The van der Waals surface area contributed by atoms with E-state index in [2.05, 4.69) is 10.6 Å². The highest BCUT2D eigenvalue weighted by Gasteiger charge is 2.18. The van der Waals surface area contributed by atoms with Gasteiger partial charge in [0.2, 0.25) is 0 Å². The molecule has 1 atom stereocenters. The van der Waals surface area contributed by atoms with Crippen LogP contribution >= 0.6 is 0 Å². The van der Waals surface area contributed by atoms with Crippen LogP contribution in [0.1, 0.15) is 22.8 Å². The van der Waals surface area contributed by atoms with Crippen LogP contribution in [0.25, 0.3) is 0 Å². The van der Waals surface area contributed by atoms with Crippen molar-refractivity contribution >= 4 is 17.5 Å². The minimum atomic E-state index is -0.708. The fourth-order valence-electron chi connectivity index (χ4n) is 2.32. The summed E-state index contributed by atoms with van der Waals surface area (Å²) in [6, 6.07) is 14.3. The fraction of sp³-hybridized carbons (Fsp3) is 0.300. The third-order valence-electron chi connectivity index (χ3n) is 3.79. The molecule has 1 unspecified atom stereocenters. The molecule has 0 saturated carbocycles. The number of methoxy groups -OCH3 is 1. The van der Waals surface area contributed by atoms with Gasteiger partial charge in [-0.25, -0.2) is 0 Å². The maximum atomic E-state index is 12.5. The molecular weight excluding hydrogens is 332 g/mol. The molecule has 0 aliphatic rings. The zero-order chi connectivity index (χ0) is 18.9. The molecule has 0 fully saturated rings. The number of anilines is 1. The molecule has 0 aliphatic heterocycles. The molecule has 2 N–H and O–H groups in total. The van der Waals surface area contributed by atoms with Crippen LogP contribution in [0.2, 0.25) is 0 Å². The van der Waals surface area contributed by atoms with Crippen LogP contribution in [0.4, 0.5) is 5.69 Å². The van der Waals surface area contributed by atoms with Gasteiger partial charge in [0.25, 0.3) is 11.8 Å². The number of carbonyl (C=O) groups excluding carboxylic acids is 2. The lowest BCUT2D eigenvalue weighted by Crippen LogP contribution is -2.32. The highest BCUT2D eigenvalue weighted by Crippen LogP contribution is 2.19. The second-order valence-electron chi connectivity index (χ2n) is 5.81. The summed E-state index contributed by atoms with van der Waals surface area (Å²) in [6.07, 6.45) is -0.708. The summed E-state index contributed by atoms with van der Waals surface area (Å²) in [6.45, 7) is 4.40. The number of nitrogens with one attached hydrogen (secondary N) is 2. The van der Waals surface area contributed by atoms with Crippen molar-refractivity contribution < 1.29 is 19.1 Å². The Labute approximate surface area is 153 Å². The van der Waals surface area contributed by atoms with Crippen molar-refractivity contribution in [2.45, 2.75) is 20.0 Å². The van der Waals surface area contributed by atoms with E-state index in [4.69, 9.17) is 9.47 Å². The average Bonchev–Trinajstić information content (AvgIpc) is 2.64. The van der Waals surface area contributed by atoms with Crippen molar-refractivity contribution in [3.63, 3.8) is 0 Å². The third kappa shape index (κ3) is 5.32. The van der Waals surface area contributed by atoms with E-state index in [1.807, 2.05) is 31.2 Å². The lowest BCUT2D eigenvalue weighted by atomic mass is 10.1. The largest absolute Gasteiger partial charge is 0.481 e. The van der Waals surface area contributed by atoms with Crippen LogP contribution in [0.5, 0.6) is 5.75 Å². The number of para-hydroxylation sites is 2. The molecule has 0 saturated heterocycles. The number of hydrogen-bond acceptors (Lipinski definition) is 4. The van der Waals surface area contributed by atoms with Crippen molar-refractivity contribution in [3.8, 4) is 5.75 Å². The minimum Gasteiger partial charge on any atom is -0.481 e. The lowest BCUT2D eigenvalue weighted by Gasteiger charge is -2.17. The van der Waals surface area contributed by atoms with E-state index in [1.54, 1.807) is 38.3 Å². The van der Waals surface area contributed by atoms with Crippen molar-refractivity contribution in [1.82, 2.24) is 5.32 Å². The number of ether oxygens (including phenoxy) is 2. The molecule has 2 aromatic rings. The summed E-state index contributed by atoms with van der Waals surface area (Å²) in [4.78, 5) is 24.8. The Balaban J connectivity index is 2.04. The highest BCUT2D eigenvalue weighted by molar-refractivity contribution is 6.04. The van der Waals surface area contributed by atoms with Crippen LogP contribution in [-0.4, -0.2) is 38.2 Å². The SMILES string of the molecule is COCCNC(=O)c1ccccc1NC(=O)C(C)Oc1ccccc1C. The van der Waals surface area contributed by atoms with Gasteiger partial charge >= 0.3 is 0 Å². The molecular formula is C20H24N2O4. The summed E-state index contributed by atoms with van der Waals surface area (Å²) in [5.41, 5.74) is 1.78. The smallest absolute Gasteiger partial charge is 0.265 e. The van der Waals surface area contributed by atoms with Crippen molar-refractivity contribution in [1.29, 1.82) is 0 Å². The first-order chi connectivity index (χ1) is 12.5.